The van der Waals surface area contributed by atoms with Gasteiger partial charge in [0.25, 0.3) is 0 Å². The molecule has 2 aliphatic rings. The molecule has 1 aromatic heterocycles. The van der Waals surface area contributed by atoms with Gasteiger partial charge in [0, 0.05) is 18.0 Å². The molecule has 0 N–H and O–H groups in total. The minimum atomic E-state index is 0.664. The molecule has 2 aromatic rings. The van der Waals surface area contributed by atoms with Crippen molar-refractivity contribution in [3.63, 3.8) is 0 Å². The topological polar surface area (TPSA) is 25.8 Å². The molecule has 2 aliphatic carbocycles. The molecule has 2 fully saturated rings. The summed E-state index contributed by atoms with van der Waals surface area (Å²) in [6.07, 6.45) is 20.6. The fourth-order valence-corrected chi connectivity index (χ4v) is 5.78. The van der Waals surface area contributed by atoms with E-state index in [0.717, 1.165) is 29.1 Å². The zero-order valence-electron chi connectivity index (χ0n) is 19.2. The number of unbranched alkanes of at least 4 members (excludes halogenated alkanes) is 1. The van der Waals surface area contributed by atoms with E-state index in [9.17, 15) is 0 Å². The molecule has 2 heteroatoms. The second-order valence-electron chi connectivity index (χ2n) is 9.95. The molecule has 0 saturated heterocycles. The number of rotatable bonds is 7. The van der Waals surface area contributed by atoms with Gasteiger partial charge < -0.3 is 0 Å². The van der Waals surface area contributed by atoms with Gasteiger partial charge in [-0.3, -0.25) is 0 Å². The Morgan fingerprint density at radius 3 is 1.83 bits per heavy atom. The minimum absolute atomic E-state index is 0.664. The van der Waals surface area contributed by atoms with E-state index in [4.69, 9.17) is 9.97 Å². The third kappa shape index (κ3) is 5.31. The molecule has 4 rings (SSSR count). The van der Waals surface area contributed by atoms with Gasteiger partial charge in [-0.2, -0.15) is 0 Å². The van der Waals surface area contributed by atoms with Crippen LogP contribution in [0.25, 0.3) is 11.4 Å². The molecule has 0 atom stereocenters. The molecular formula is C28H40N2. The predicted octanol–water partition coefficient (Wildman–Crippen LogP) is 8.29. The first kappa shape index (κ1) is 21.5. The molecule has 0 spiro atoms. The normalized spacial score (nSPS) is 27.1. The molecular weight excluding hydrogens is 364 g/mol. The van der Waals surface area contributed by atoms with E-state index in [0.29, 0.717) is 5.92 Å². The van der Waals surface area contributed by atoms with Crippen LogP contribution < -0.4 is 0 Å². The van der Waals surface area contributed by atoms with Gasteiger partial charge in [0.15, 0.2) is 5.82 Å². The Balaban J connectivity index is 1.33. The fourth-order valence-electron chi connectivity index (χ4n) is 5.78. The molecule has 0 aliphatic heterocycles. The van der Waals surface area contributed by atoms with Gasteiger partial charge in [-0.05, 0) is 86.2 Å². The lowest BCUT2D eigenvalue weighted by atomic mass is 9.77. The van der Waals surface area contributed by atoms with E-state index in [2.05, 4.69) is 50.5 Å². The highest BCUT2D eigenvalue weighted by molar-refractivity contribution is 5.55. The monoisotopic (exact) mass is 404 g/mol. The summed E-state index contributed by atoms with van der Waals surface area (Å²) in [7, 11) is 0. The van der Waals surface area contributed by atoms with Crippen molar-refractivity contribution in [1.29, 1.82) is 0 Å². The fraction of sp³-hybridized carbons (Fsp3) is 0.643. The van der Waals surface area contributed by atoms with Gasteiger partial charge in [0.2, 0.25) is 0 Å². The molecule has 30 heavy (non-hydrogen) atoms. The zero-order chi connectivity index (χ0) is 20.8. The lowest BCUT2D eigenvalue weighted by Gasteiger charge is -2.28. The summed E-state index contributed by atoms with van der Waals surface area (Å²) in [5.41, 5.74) is 4.00. The first-order chi connectivity index (χ1) is 14.8. The van der Waals surface area contributed by atoms with Crippen molar-refractivity contribution >= 4 is 0 Å². The van der Waals surface area contributed by atoms with E-state index in [1.54, 1.807) is 0 Å². The third-order valence-electron chi connectivity index (χ3n) is 8.02. The van der Waals surface area contributed by atoms with Crippen molar-refractivity contribution in [3.8, 4) is 11.4 Å². The smallest absolute Gasteiger partial charge is 0.159 e. The van der Waals surface area contributed by atoms with Crippen LogP contribution in [0, 0.1) is 11.8 Å². The number of benzene rings is 1. The van der Waals surface area contributed by atoms with E-state index < -0.39 is 0 Å². The molecule has 0 unspecified atom stereocenters. The Morgan fingerprint density at radius 1 is 0.700 bits per heavy atom. The second-order valence-corrected chi connectivity index (χ2v) is 9.95. The summed E-state index contributed by atoms with van der Waals surface area (Å²) in [6, 6.07) is 9.10. The van der Waals surface area contributed by atoms with Gasteiger partial charge in [-0.15, -0.1) is 0 Å². The quantitative estimate of drug-likeness (QED) is 0.464. The van der Waals surface area contributed by atoms with Crippen molar-refractivity contribution in [1.82, 2.24) is 9.97 Å². The maximum atomic E-state index is 4.74. The third-order valence-corrected chi connectivity index (χ3v) is 8.02. The van der Waals surface area contributed by atoms with E-state index >= 15 is 0 Å². The Hall–Kier alpha value is -1.70. The van der Waals surface area contributed by atoms with Gasteiger partial charge >= 0.3 is 0 Å². The maximum Gasteiger partial charge on any atom is 0.159 e. The van der Waals surface area contributed by atoms with Crippen molar-refractivity contribution in [3.05, 3.63) is 47.8 Å². The van der Waals surface area contributed by atoms with Gasteiger partial charge in [0.1, 0.15) is 0 Å². The standard InChI is InChI=1S/C28H40N2/c1-3-5-6-22-9-13-25(14-10-22)27-19-29-28(30-20-27)26-17-15-24(16-18-26)23-11-7-21(4-2)8-12-23/h15-23,25H,3-14H2,1-2H3/t21-,22-,23-,25-. The molecule has 0 amide bonds. The van der Waals surface area contributed by atoms with Gasteiger partial charge in [-0.25, -0.2) is 9.97 Å². The average molecular weight is 405 g/mol. The number of hydrogen-bond acceptors (Lipinski definition) is 2. The Kier molecular flexibility index (Phi) is 7.57. The first-order valence-electron chi connectivity index (χ1n) is 12.7. The lowest BCUT2D eigenvalue weighted by molar-refractivity contribution is 0.304. The summed E-state index contributed by atoms with van der Waals surface area (Å²) >= 11 is 0. The van der Waals surface area contributed by atoms with Crippen LogP contribution in [-0.4, -0.2) is 9.97 Å². The highest BCUT2D eigenvalue weighted by Crippen LogP contribution is 2.38. The van der Waals surface area contributed by atoms with E-state index in [1.165, 1.54) is 88.2 Å². The first-order valence-corrected chi connectivity index (χ1v) is 12.7. The summed E-state index contributed by atoms with van der Waals surface area (Å²) in [5.74, 6) is 4.20. The van der Waals surface area contributed by atoms with Crippen molar-refractivity contribution < 1.29 is 0 Å². The molecule has 1 aromatic carbocycles. The molecule has 0 bridgehead atoms. The Labute approximate surface area is 183 Å². The van der Waals surface area contributed by atoms with Crippen LogP contribution in [0.15, 0.2) is 36.7 Å². The van der Waals surface area contributed by atoms with Crippen LogP contribution >= 0.6 is 0 Å². The molecule has 2 saturated carbocycles. The van der Waals surface area contributed by atoms with Crippen molar-refractivity contribution in [2.24, 2.45) is 11.8 Å². The van der Waals surface area contributed by atoms with E-state index in [1.807, 2.05) is 0 Å². The number of nitrogens with zero attached hydrogens (tertiary/aromatic N) is 2. The Bertz CT molecular complexity index is 748. The van der Waals surface area contributed by atoms with E-state index in [-0.39, 0.29) is 0 Å². The van der Waals surface area contributed by atoms with Crippen LogP contribution in [0.3, 0.4) is 0 Å². The Morgan fingerprint density at radius 2 is 1.27 bits per heavy atom. The largest absolute Gasteiger partial charge is 0.236 e. The van der Waals surface area contributed by atoms with Crippen LogP contribution in [0.2, 0.25) is 0 Å². The van der Waals surface area contributed by atoms with Gasteiger partial charge in [-0.1, -0.05) is 63.8 Å². The van der Waals surface area contributed by atoms with Crippen LogP contribution in [0.1, 0.15) is 114 Å². The van der Waals surface area contributed by atoms with Crippen molar-refractivity contribution in [2.75, 3.05) is 0 Å². The molecule has 162 valence electrons. The van der Waals surface area contributed by atoms with Gasteiger partial charge in [0.05, 0.1) is 0 Å². The summed E-state index contributed by atoms with van der Waals surface area (Å²) in [6.45, 7) is 4.64. The SMILES string of the molecule is CCCC[C@H]1CC[C@H](c2cnc(-c3ccc([C@H]4CC[C@H](CC)CC4)cc3)nc2)CC1. The number of aromatic nitrogens is 2. The van der Waals surface area contributed by atoms with Crippen LogP contribution in [0.4, 0.5) is 0 Å². The maximum absolute atomic E-state index is 4.74. The lowest BCUT2D eigenvalue weighted by Crippen LogP contribution is -2.14. The second kappa shape index (κ2) is 10.6. The molecule has 1 heterocycles. The summed E-state index contributed by atoms with van der Waals surface area (Å²) < 4.78 is 0. The highest BCUT2D eigenvalue weighted by Gasteiger charge is 2.23. The van der Waals surface area contributed by atoms with Crippen molar-refractivity contribution in [2.45, 2.75) is 103 Å². The molecule has 0 radical (unpaired) electrons. The summed E-state index contributed by atoms with van der Waals surface area (Å²) in [4.78, 5) is 9.49. The van der Waals surface area contributed by atoms with Crippen LogP contribution in [-0.2, 0) is 0 Å². The minimum Gasteiger partial charge on any atom is -0.236 e. The summed E-state index contributed by atoms with van der Waals surface area (Å²) in [5, 5.41) is 0. The zero-order valence-corrected chi connectivity index (χ0v) is 19.2. The average Bonchev–Trinajstić information content (AvgIpc) is 2.83. The number of hydrogen-bond donors (Lipinski definition) is 0. The predicted molar refractivity (Wildman–Crippen MR) is 127 cm³/mol. The highest BCUT2D eigenvalue weighted by atomic mass is 14.9. The molecule has 2 nitrogen and oxygen atoms in total. The van der Waals surface area contributed by atoms with Crippen LogP contribution in [0.5, 0.6) is 0 Å².